The highest BCUT2D eigenvalue weighted by Gasteiger charge is 2.22. The first-order valence-electron chi connectivity index (χ1n) is 7.92. The Balaban J connectivity index is 1.66. The first-order valence-corrected chi connectivity index (χ1v) is 7.92. The summed E-state index contributed by atoms with van der Waals surface area (Å²) in [5.41, 5.74) is 1.57. The molecule has 3 rings (SSSR count). The molecule has 1 aromatic carbocycles. The maximum absolute atomic E-state index is 12.2. The summed E-state index contributed by atoms with van der Waals surface area (Å²) in [6, 6.07) is 9.72. The van der Waals surface area contributed by atoms with Crippen molar-refractivity contribution >= 4 is 17.0 Å². The number of aromatic nitrogens is 1. The summed E-state index contributed by atoms with van der Waals surface area (Å²) in [6.07, 6.45) is -0.254. The van der Waals surface area contributed by atoms with Crippen molar-refractivity contribution < 1.29 is 9.53 Å². The number of nitrogens with one attached hydrogen (secondary N) is 1. The van der Waals surface area contributed by atoms with Crippen LogP contribution in [0.3, 0.4) is 0 Å². The van der Waals surface area contributed by atoms with Crippen LogP contribution in [0.1, 0.15) is 12.5 Å². The second kappa shape index (κ2) is 6.83. The number of nitrogens with zero attached hydrogens (tertiary/aromatic N) is 2. The number of rotatable bonds is 3. The van der Waals surface area contributed by atoms with Crippen LogP contribution in [-0.2, 0) is 11.3 Å². The predicted molar refractivity (Wildman–Crippen MR) is 88.4 cm³/mol. The van der Waals surface area contributed by atoms with Crippen LogP contribution in [0.25, 0.3) is 10.9 Å². The van der Waals surface area contributed by atoms with Crippen molar-refractivity contribution in [3.8, 4) is 0 Å². The molecule has 23 heavy (non-hydrogen) atoms. The summed E-state index contributed by atoms with van der Waals surface area (Å²) in [5.74, 6) is 0. The molecule has 0 aliphatic carbocycles. The SMILES string of the molecule is CCOC(=O)N1CCN(Cc2cc3ccccc3[nH]c2=O)CC1. The van der Waals surface area contributed by atoms with Crippen LogP contribution in [0, 0.1) is 0 Å². The standard InChI is InChI=1S/C17H21N3O3/c1-2-23-17(22)20-9-7-19(8-10-20)12-14-11-13-5-3-4-6-15(13)18-16(14)21/h3-6,11H,2,7-10,12H2,1H3,(H,18,21). The predicted octanol–water partition coefficient (Wildman–Crippen LogP) is 1.80. The minimum Gasteiger partial charge on any atom is -0.450 e. The van der Waals surface area contributed by atoms with E-state index in [1.54, 1.807) is 11.8 Å². The highest BCUT2D eigenvalue weighted by molar-refractivity contribution is 5.78. The number of ether oxygens (including phenoxy) is 1. The van der Waals surface area contributed by atoms with Gasteiger partial charge in [0.1, 0.15) is 0 Å². The number of fused-ring (bicyclic) bond motifs is 1. The lowest BCUT2D eigenvalue weighted by atomic mass is 10.1. The van der Waals surface area contributed by atoms with Crippen molar-refractivity contribution in [3.05, 3.63) is 46.2 Å². The Hall–Kier alpha value is -2.34. The first-order chi connectivity index (χ1) is 11.2. The van der Waals surface area contributed by atoms with Crippen LogP contribution in [0.5, 0.6) is 0 Å². The van der Waals surface area contributed by atoms with Crippen LogP contribution in [0.15, 0.2) is 35.1 Å². The van der Waals surface area contributed by atoms with E-state index in [4.69, 9.17) is 4.74 Å². The molecular formula is C17H21N3O3. The quantitative estimate of drug-likeness (QED) is 0.938. The molecule has 1 aliphatic rings. The number of piperazine rings is 1. The maximum atomic E-state index is 12.2. The Labute approximate surface area is 134 Å². The fourth-order valence-corrected chi connectivity index (χ4v) is 2.85. The summed E-state index contributed by atoms with van der Waals surface area (Å²) in [4.78, 5) is 30.7. The summed E-state index contributed by atoms with van der Waals surface area (Å²) >= 11 is 0. The van der Waals surface area contributed by atoms with Crippen LogP contribution in [-0.4, -0.2) is 53.7 Å². The lowest BCUT2D eigenvalue weighted by Crippen LogP contribution is -2.48. The zero-order valence-electron chi connectivity index (χ0n) is 13.2. The number of carbonyl (C=O) groups is 1. The van der Waals surface area contributed by atoms with E-state index in [-0.39, 0.29) is 11.7 Å². The zero-order valence-corrected chi connectivity index (χ0v) is 13.2. The van der Waals surface area contributed by atoms with E-state index in [9.17, 15) is 9.59 Å². The molecule has 122 valence electrons. The molecule has 2 heterocycles. The lowest BCUT2D eigenvalue weighted by Gasteiger charge is -2.33. The largest absolute Gasteiger partial charge is 0.450 e. The second-order valence-corrected chi connectivity index (χ2v) is 5.67. The highest BCUT2D eigenvalue weighted by atomic mass is 16.6. The fraction of sp³-hybridized carbons (Fsp3) is 0.412. The molecule has 1 saturated heterocycles. The van der Waals surface area contributed by atoms with Crippen LogP contribution >= 0.6 is 0 Å². The van der Waals surface area contributed by atoms with Gasteiger partial charge in [-0.3, -0.25) is 9.69 Å². The van der Waals surface area contributed by atoms with Crippen molar-refractivity contribution in [2.45, 2.75) is 13.5 Å². The highest BCUT2D eigenvalue weighted by Crippen LogP contribution is 2.12. The van der Waals surface area contributed by atoms with Gasteiger partial charge < -0.3 is 14.6 Å². The molecule has 1 aliphatic heterocycles. The number of pyridine rings is 1. The third-order valence-electron chi connectivity index (χ3n) is 4.12. The first kappa shape index (κ1) is 15.6. The number of hydrogen-bond donors (Lipinski definition) is 1. The number of hydrogen-bond acceptors (Lipinski definition) is 4. The normalized spacial score (nSPS) is 15.8. The van der Waals surface area contributed by atoms with Crippen molar-refractivity contribution in [3.63, 3.8) is 0 Å². The third-order valence-corrected chi connectivity index (χ3v) is 4.12. The Morgan fingerprint density at radius 3 is 2.70 bits per heavy atom. The maximum Gasteiger partial charge on any atom is 0.409 e. The van der Waals surface area contributed by atoms with Gasteiger partial charge in [-0.1, -0.05) is 18.2 Å². The number of para-hydroxylation sites is 1. The molecule has 0 spiro atoms. The molecule has 0 bridgehead atoms. The molecule has 2 aromatic rings. The Morgan fingerprint density at radius 1 is 1.22 bits per heavy atom. The third kappa shape index (κ3) is 3.53. The van der Waals surface area contributed by atoms with Gasteiger partial charge in [0.25, 0.3) is 5.56 Å². The van der Waals surface area contributed by atoms with Gasteiger partial charge in [0.05, 0.1) is 6.61 Å². The summed E-state index contributed by atoms with van der Waals surface area (Å²) in [6.45, 7) is 5.54. The molecule has 6 nitrogen and oxygen atoms in total. The molecule has 0 atom stereocenters. The lowest BCUT2D eigenvalue weighted by molar-refractivity contribution is 0.0777. The van der Waals surface area contributed by atoms with Gasteiger partial charge in [0, 0.05) is 43.8 Å². The van der Waals surface area contributed by atoms with Crippen LogP contribution in [0.4, 0.5) is 4.79 Å². The second-order valence-electron chi connectivity index (χ2n) is 5.67. The molecule has 1 amide bonds. The Kier molecular flexibility index (Phi) is 4.62. The van der Waals surface area contributed by atoms with E-state index in [1.165, 1.54) is 0 Å². The van der Waals surface area contributed by atoms with Gasteiger partial charge in [-0.05, 0) is 24.4 Å². The van der Waals surface area contributed by atoms with Gasteiger partial charge in [0.2, 0.25) is 0 Å². The van der Waals surface area contributed by atoms with Gasteiger partial charge in [-0.2, -0.15) is 0 Å². The van der Waals surface area contributed by atoms with Crippen molar-refractivity contribution in [2.75, 3.05) is 32.8 Å². The summed E-state index contributed by atoms with van der Waals surface area (Å²) in [7, 11) is 0. The number of carbonyl (C=O) groups excluding carboxylic acids is 1. The monoisotopic (exact) mass is 315 g/mol. The minimum atomic E-state index is -0.254. The average molecular weight is 315 g/mol. The van der Waals surface area contributed by atoms with E-state index in [0.717, 1.165) is 29.6 Å². The van der Waals surface area contributed by atoms with Crippen molar-refractivity contribution in [1.29, 1.82) is 0 Å². The molecule has 0 radical (unpaired) electrons. The number of aromatic amines is 1. The van der Waals surface area contributed by atoms with Crippen molar-refractivity contribution in [2.24, 2.45) is 0 Å². The van der Waals surface area contributed by atoms with Gasteiger partial charge >= 0.3 is 6.09 Å². The van der Waals surface area contributed by atoms with Crippen LogP contribution in [0.2, 0.25) is 0 Å². The van der Waals surface area contributed by atoms with E-state index < -0.39 is 0 Å². The van der Waals surface area contributed by atoms with E-state index in [2.05, 4.69) is 9.88 Å². The van der Waals surface area contributed by atoms with Gasteiger partial charge in [-0.25, -0.2) is 4.79 Å². The summed E-state index contributed by atoms with van der Waals surface area (Å²) in [5, 5.41) is 1.03. The smallest absolute Gasteiger partial charge is 0.409 e. The molecule has 0 unspecified atom stereocenters. The van der Waals surface area contributed by atoms with Crippen LogP contribution < -0.4 is 5.56 Å². The topological polar surface area (TPSA) is 65.6 Å². The molecule has 0 saturated carbocycles. The van der Waals surface area contributed by atoms with E-state index >= 15 is 0 Å². The molecule has 6 heteroatoms. The van der Waals surface area contributed by atoms with E-state index in [0.29, 0.717) is 26.2 Å². The molecule has 1 N–H and O–H groups in total. The number of benzene rings is 1. The van der Waals surface area contributed by atoms with Gasteiger partial charge in [0.15, 0.2) is 0 Å². The minimum absolute atomic E-state index is 0.0449. The summed E-state index contributed by atoms with van der Waals surface area (Å²) < 4.78 is 5.02. The average Bonchev–Trinajstić information content (AvgIpc) is 2.56. The van der Waals surface area contributed by atoms with E-state index in [1.807, 2.05) is 30.3 Å². The van der Waals surface area contributed by atoms with Gasteiger partial charge in [-0.15, -0.1) is 0 Å². The number of amides is 1. The molecule has 1 aromatic heterocycles. The Bertz CT molecular complexity index is 748. The number of H-pyrrole nitrogens is 1. The zero-order chi connectivity index (χ0) is 16.2. The fourth-order valence-electron chi connectivity index (χ4n) is 2.85. The molecule has 1 fully saturated rings. The molecular weight excluding hydrogens is 294 g/mol. The Morgan fingerprint density at radius 2 is 1.96 bits per heavy atom. The van der Waals surface area contributed by atoms with Crippen molar-refractivity contribution in [1.82, 2.24) is 14.8 Å².